The van der Waals surface area contributed by atoms with Crippen molar-refractivity contribution in [1.82, 2.24) is 15.5 Å². The maximum atomic E-state index is 12.3. The number of aromatic nitrogens is 2. The summed E-state index contributed by atoms with van der Waals surface area (Å²) in [6.07, 6.45) is 1.76. The Kier molecular flexibility index (Phi) is 5.57. The molecule has 3 N–H and O–H groups in total. The molecule has 2 unspecified atom stereocenters. The average molecular weight is 322 g/mol. The van der Waals surface area contributed by atoms with Crippen molar-refractivity contribution in [1.29, 1.82) is 0 Å². The number of aliphatic hydroxyl groups excluding tert-OH is 1. The molecule has 0 aliphatic heterocycles. The smallest absolute Gasteiger partial charge is 0.255 e. The molecule has 2 aromatic rings. The normalized spacial score (nSPS) is 13.6. The van der Waals surface area contributed by atoms with Crippen LogP contribution >= 0.6 is 11.6 Å². The summed E-state index contributed by atoms with van der Waals surface area (Å²) < 4.78 is 0. The van der Waals surface area contributed by atoms with Crippen LogP contribution in [0.2, 0.25) is 5.02 Å². The Balaban J connectivity index is 2.09. The fourth-order valence-corrected chi connectivity index (χ4v) is 2.59. The minimum atomic E-state index is -0.375. The molecule has 0 spiro atoms. The number of benzene rings is 1. The molecule has 22 heavy (non-hydrogen) atoms. The molecule has 2 atom stereocenters. The summed E-state index contributed by atoms with van der Waals surface area (Å²) in [7, 11) is 0. The Morgan fingerprint density at radius 2 is 2.14 bits per heavy atom. The minimum absolute atomic E-state index is 0.194. The third-order valence-electron chi connectivity index (χ3n) is 3.38. The lowest BCUT2D eigenvalue weighted by atomic mass is 10.0. The lowest BCUT2D eigenvalue weighted by Crippen LogP contribution is -2.29. The molecular weight excluding hydrogens is 302 g/mol. The Bertz CT molecular complexity index is 640. The molecule has 1 heterocycles. The largest absolute Gasteiger partial charge is 0.393 e. The van der Waals surface area contributed by atoms with Gasteiger partial charge in [0.25, 0.3) is 5.91 Å². The molecular formula is C16H20ClN3O2. The molecule has 5 nitrogen and oxygen atoms in total. The summed E-state index contributed by atoms with van der Waals surface area (Å²) in [5.41, 5.74) is 1.80. The number of nitrogens with one attached hydrogen (secondary N) is 2. The van der Waals surface area contributed by atoms with Gasteiger partial charge in [-0.1, -0.05) is 36.7 Å². The number of halogens is 1. The van der Waals surface area contributed by atoms with Gasteiger partial charge in [0.15, 0.2) is 0 Å². The number of carbonyl (C=O) groups excluding carboxylic acids is 1. The van der Waals surface area contributed by atoms with E-state index in [0.717, 1.165) is 5.56 Å². The van der Waals surface area contributed by atoms with Crippen molar-refractivity contribution < 1.29 is 9.90 Å². The highest BCUT2D eigenvalue weighted by molar-refractivity contribution is 6.33. The van der Waals surface area contributed by atoms with Gasteiger partial charge in [0.05, 0.1) is 23.6 Å². The average Bonchev–Trinajstić information content (AvgIpc) is 2.94. The minimum Gasteiger partial charge on any atom is -0.393 e. The predicted molar refractivity (Wildman–Crippen MR) is 86.8 cm³/mol. The molecule has 0 fully saturated rings. The van der Waals surface area contributed by atoms with E-state index >= 15 is 0 Å². The summed E-state index contributed by atoms with van der Waals surface area (Å²) in [6, 6.07) is 7.29. The SMILES string of the molecule is CC(O)CC(C)CNC(=O)c1cn[nH]c1-c1ccccc1Cl. The maximum Gasteiger partial charge on any atom is 0.255 e. The van der Waals surface area contributed by atoms with E-state index in [-0.39, 0.29) is 17.9 Å². The summed E-state index contributed by atoms with van der Waals surface area (Å²) in [6.45, 7) is 4.22. The first-order chi connectivity index (χ1) is 10.5. The predicted octanol–water partition coefficient (Wildman–Crippen LogP) is 2.87. The lowest BCUT2D eigenvalue weighted by molar-refractivity contribution is 0.0940. The van der Waals surface area contributed by atoms with Crippen LogP contribution < -0.4 is 5.32 Å². The first-order valence-corrected chi connectivity index (χ1v) is 7.61. The zero-order chi connectivity index (χ0) is 16.1. The summed E-state index contributed by atoms with van der Waals surface area (Å²) in [5.74, 6) is -0.0132. The molecule has 0 aliphatic rings. The standard InChI is InChI=1S/C16H20ClN3O2/c1-10(7-11(2)21)8-18-16(22)13-9-19-20-15(13)12-5-3-4-6-14(12)17/h3-6,9-11,21H,7-8H2,1-2H3,(H,18,22)(H,19,20). The highest BCUT2D eigenvalue weighted by Crippen LogP contribution is 2.28. The van der Waals surface area contributed by atoms with Crippen LogP contribution in [0, 0.1) is 5.92 Å². The molecule has 1 amide bonds. The van der Waals surface area contributed by atoms with Crippen LogP contribution in [0.15, 0.2) is 30.5 Å². The molecule has 0 bridgehead atoms. The zero-order valence-electron chi connectivity index (χ0n) is 12.6. The van der Waals surface area contributed by atoms with Gasteiger partial charge in [-0.15, -0.1) is 0 Å². The van der Waals surface area contributed by atoms with Crippen molar-refractivity contribution in [2.24, 2.45) is 5.92 Å². The van der Waals surface area contributed by atoms with E-state index in [1.54, 1.807) is 13.0 Å². The van der Waals surface area contributed by atoms with Crippen molar-refractivity contribution in [3.05, 3.63) is 41.0 Å². The second-order valence-electron chi connectivity index (χ2n) is 5.54. The Morgan fingerprint density at radius 1 is 1.41 bits per heavy atom. The molecule has 0 aliphatic carbocycles. The number of aromatic amines is 1. The first kappa shape index (κ1) is 16.5. The van der Waals surface area contributed by atoms with Crippen LogP contribution in [-0.2, 0) is 0 Å². The number of rotatable bonds is 6. The molecule has 6 heteroatoms. The number of nitrogens with zero attached hydrogens (tertiary/aromatic N) is 1. The van der Waals surface area contributed by atoms with Crippen molar-refractivity contribution in [3.63, 3.8) is 0 Å². The molecule has 0 saturated carbocycles. The van der Waals surface area contributed by atoms with Crippen LogP contribution in [0.25, 0.3) is 11.3 Å². The van der Waals surface area contributed by atoms with Crippen LogP contribution in [0.1, 0.15) is 30.6 Å². The number of H-pyrrole nitrogens is 1. The van der Waals surface area contributed by atoms with E-state index < -0.39 is 0 Å². The van der Waals surface area contributed by atoms with Gasteiger partial charge >= 0.3 is 0 Å². The van der Waals surface area contributed by atoms with E-state index in [2.05, 4.69) is 15.5 Å². The Morgan fingerprint density at radius 3 is 2.82 bits per heavy atom. The number of aliphatic hydroxyl groups is 1. The zero-order valence-corrected chi connectivity index (χ0v) is 13.4. The molecule has 1 aromatic heterocycles. The van der Waals surface area contributed by atoms with Crippen LogP contribution in [0.5, 0.6) is 0 Å². The fraction of sp³-hybridized carbons (Fsp3) is 0.375. The van der Waals surface area contributed by atoms with Gasteiger partial charge < -0.3 is 10.4 Å². The van der Waals surface area contributed by atoms with E-state index in [1.807, 2.05) is 25.1 Å². The van der Waals surface area contributed by atoms with Gasteiger partial charge in [0, 0.05) is 17.1 Å². The Hall–Kier alpha value is -1.85. The van der Waals surface area contributed by atoms with E-state index in [0.29, 0.717) is 29.2 Å². The van der Waals surface area contributed by atoms with Crippen LogP contribution in [-0.4, -0.2) is 33.9 Å². The molecule has 2 rings (SSSR count). The third kappa shape index (κ3) is 4.08. The first-order valence-electron chi connectivity index (χ1n) is 7.23. The van der Waals surface area contributed by atoms with E-state index in [9.17, 15) is 9.90 Å². The molecule has 0 saturated heterocycles. The van der Waals surface area contributed by atoms with Gasteiger partial charge in [0.2, 0.25) is 0 Å². The second-order valence-corrected chi connectivity index (χ2v) is 5.95. The molecule has 1 aromatic carbocycles. The monoisotopic (exact) mass is 321 g/mol. The van der Waals surface area contributed by atoms with Gasteiger partial charge in [-0.05, 0) is 25.3 Å². The summed E-state index contributed by atoms with van der Waals surface area (Å²) in [5, 5.41) is 19.6. The number of hydrogen-bond donors (Lipinski definition) is 3. The molecule has 0 radical (unpaired) electrons. The van der Waals surface area contributed by atoms with Gasteiger partial charge in [-0.3, -0.25) is 9.89 Å². The fourth-order valence-electron chi connectivity index (χ4n) is 2.36. The number of amides is 1. The quantitative estimate of drug-likeness (QED) is 0.765. The topological polar surface area (TPSA) is 78.0 Å². The van der Waals surface area contributed by atoms with Crippen molar-refractivity contribution in [3.8, 4) is 11.3 Å². The van der Waals surface area contributed by atoms with Gasteiger partial charge in [-0.25, -0.2) is 0 Å². The highest BCUT2D eigenvalue weighted by Gasteiger charge is 2.17. The number of hydrogen-bond acceptors (Lipinski definition) is 3. The van der Waals surface area contributed by atoms with Crippen molar-refractivity contribution >= 4 is 17.5 Å². The maximum absolute atomic E-state index is 12.3. The lowest BCUT2D eigenvalue weighted by Gasteiger charge is -2.14. The van der Waals surface area contributed by atoms with E-state index in [4.69, 9.17) is 11.6 Å². The van der Waals surface area contributed by atoms with Crippen molar-refractivity contribution in [2.75, 3.05) is 6.54 Å². The summed E-state index contributed by atoms with van der Waals surface area (Å²) >= 11 is 6.17. The molecule has 118 valence electrons. The Labute approximate surface area is 134 Å². The number of carbonyl (C=O) groups is 1. The second kappa shape index (κ2) is 7.42. The van der Waals surface area contributed by atoms with Crippen molar-refractivity contribution in [2.45, 2.75) is 26.4 Å². The van der Waals surface area contributed by atoms with E-state index in [1.165, 1.54) is 6.20 Å². The van der Waals surface area contributed by atoms with Gasteiger partial charge in [-0.2, -0.15) is 5.10 Å². The third-order valence-corrected chi connectivity index (χ3v) is 3.71. The van der Waals surface area contributed by atoms with Crippen LogP contribution in [0.4, 0.5) is 0 Å². The summed E-state index contributed by atoms with van der Waals surface area (Å²) in [4.78, 5) is 12.3. The van der Waals surface area contributed by atoms with Gasteiger partial charge in [0.1, 0.15) is 0 Å². The van der Waals surface area contributed by atoms with Crippen LogP contribution in [0.3, 0.4) is 0 Å². The highest BCUT2D eigenvalue weighted by atomic mass is 35.5.